The molecule has 0 aromatic heterocycles. The van der Waals surface area contributed by atoms with Crippen molar-refractivity contribution in [1.29, 1.82) is 0 Å². The number of nitrogens with zero attached hydrogens (tertiary/aromatic N) is 1. The normalized spacial score (nSPS) is 18.4. The van der Waals surface area contributed by atoms with Gasteiger partial charge in [-0.25, -0.2) is 4.39 Å². The molecule has 2 aliphatic rings. The van der Waals surface area contributed by atoms with Crippen molar-refractivity contribution in [3.8, 4) is 5.75 Å². The minimum absolute atomic E-state index is 0.0571. The maximum Gasteiger partial charge on any atom is 0.227 e. The highest BCUT2D eigenvalue weighted by Crippen LogP contribution is 2.35. The first-order valence-electron chi connectivity index (χ1n) is 10.1. The molecule has 1 heterocycles. The van der Waals surface area contributed by atoms with E-state index in [0.717, 1.165) is 60.2 Å². The van der Waals surface area contributed by atoms with Crippen molar-refractivity contribution in [2.75, 3.05) is 18.1 Å². The molecule has 1 unspecified atom stereocenters. The molecule has 0 saturated carbocycles. The van der Waals surface area contributed by atoms with Gasteiger partial charge >= 0.3 is 0 Å². The molecular formula is C23H26FNO3. The molecule has 1 aliphatic heterocycles. The van der Waals surface area contributed by atoms with Crippen molar-refractivity contribution < 1.29 is 19.0 Å². The van der Waals surface area contributed by atoms with E-state index in [1.165, 1.54) is 12.1 Å². The molecule has 2 aromatic carbocycles. The van der Waals surface area contributed by atoms with Gasteiger partial charge in [0.2, 0.25) is 5.91 Å². The number of benzene rings is 2. The van der Waals surface area contributed by atoms with Crippen LogP contribution in [0.4, 0.5) is 10.1 Å². The number of rotatable bonds is 5. The molecule has 5 heteroatoms. The summed E-state index contributed by atoms with van der Waals surface area (Å²) in [6.07, 6.45) is 4.96. The van der Waals surface area contributed by atoms with Crippen molar-refractivity contribution >= 4 is 11.6 Å². The molecule has 4 rings (SSSR count). The average Bonchev–Trinajstić information content (AvgIpc) is 2.71. The van der Waals surface area contributed by atoms with Gasteiger partial charge in [0.05, 0.1) is 12.7 Å². The Labute approximate surface area is 164 Å². The summed E-state index contributed by atoms with van der Waals surface area (Å²) < 4.78 is 19.4. The molecule has 1 N–H and O–H groups in total. The standard InChI is InChI=1S/C23H26FNO3/c24-17-11-12-20-16(15-17)5-3-13-25(20)23(27)10-4-14-28-22-9-2-6-18-19(22)7-1-8-21(18)26/h2,6,9,11-12,15,21,26H,1,3-5,7-8,10,13-14H2. The van der Waals surface area contributed by atoms with Crippen LogP contribution < -0.4 is 9.64 Å². The molecule has 148 valence electrons. The van der Waals surface area contributed by atoms with Crippen LogP contribution in [-0.2, 0) is 17.6 Å². The van der Waals surface area contributed by atoms with Gasteiger partial charge in [-0.05, 0) is 79.5 Å². The van der Waals surface area contributed by atoms with E-state index >= 15 is 0 Å². The van der Waals surface area contributed by atoms with E-state index in [-0.39, 0.29) is 11.7 Å². The smallest absolute Gasteiger partial charge is 0.227 e. The van der Waals surface area contributed by atoms with Gasteiger partial charge in [0.25, 0.3) is 0 Å². The van der Waals surface area contributed by atoms with Gasteiger partial charge in [-0.1, -0.05) is 12.1 Å². The monoisotopic (exact) mass is 383 g/mol. The molecule has 28 heavy (non-hydrogen) atoms. The van der Waals surface area contributed by atoms with Crippen molar-refractivity contribution in [3.63, 3.8) is 0 Å². The molecule has 2 aromatic rings. The first-order chi connectivity index (χ1) is 13.6. The summed E-state index contributed by atoms with van der Waals surface area (Å²) in [4.78, 5) is 14.5. The first kappa shape index (κ1) is 18.9. The molecule has 1 atom stereocenters. The minimum atomic E-state index is -0.405. The lowest BCUT2D eigenvalue weighted by atomic mass is 9.89. The predicted molar refractivity (Wildman–Crippen MR) is 106 cm³/mol. The SMILES string of the molecule is O=C(CCCOc1cccc2c1CCCC2O)N1CCCc2cc(F)ccc21. The molecule has 0 spiro atoms. The number of hydrogen-bond acceptors (Lipinski definition) is 3. The number of hydrogen-bond donors (Lipinski definition) is 1. The lowest BCUT2D eigenvalue weighted by Crippen LogP contribution is -2.35. The summed E-state index contributed by atoms with van der Waals surface area (Å²) in [6.45, 7) is 1.14. The first-order valence-corrected chi connectivity index (χ1v) is 10.1. The topological polar surface area (TPSA) is 49.8 Å². The van der Waals surface area contributed by atoms with Gasteiger partial charge in [0.15, 0.2) is 0 Å². The second-order valence-corrected chi connectivity index (χ2v) is 7.61. The summed E-state index contributed by atoms with van der Waals surface area (Å²) >= 11 is 0. The van der Waals surface area contributed by atoms with E-state index in [9.17, 15) is 14.3 Å². The Morgan fingerprint density at radius 3 is 3.00 bits per heavy atom. The van der Waals surface area contributed by atoms with E-state index in [4.69, 9.17) is 4.74 Å². The number of amides is 1. The van der Waals surface area contributed by atoms with Gasteiger partial charge in [-0.2, -0.15) is 0 Å². The molecule has 0 fully saturated rings. The number of fused-ring (bicyclic) bond motifs is 2. The fourth-order valence-corrected chi connectivity index (χ4v) is 4.29. The van der Waals surface area contributed by atoms with Gasteiger partial charge in [-0.15, -0.1) is 0 Å². The zero-order valence-corrected chi connectivity index (χ0v) is 16.0. The summed E-state index contributed by atoms with van der Waals surface area (Å²) in [7, 11) is 0. The zero-order chi connectivity index (χ0) is 19.5. The quantitative estimate of drug-likeness (QED) is 0.782. The highest BCUT2D eigenvalue weighted by Gasteiger charge is 2.23. The van der Waals surface area contributed by atoms with Crippen LogP contribution in [0.1, 0.15) is 54.9 Å². The number of ether oxygens (including phenoxy) is 1. The highest BCUT2D eigenvalue weighted by molar-refractivity contribution is 5.94. The summed E-state index contributed by atoms with van der Waals surface area (Å²) in [5.41, 5.74) is 3.81. The van der Waals surface area contributed by atoms with Crippen LogP contribution in [0.3, 0.4) is 0 Å². The maximum atomic E-state index is 13.4. The van der Waals surface area contributed by atoms with Crippen LogP contribution >= 0.6 is 0 Å². The molecule has 0 saturated heterocycles. The van der Waals surface area contributed by atoms with Gasteiger partial charge in [0, 0.05) is 18.7 Å². The van der Waals surface area contributed by atoms with Crippen molar-refractivity contribution in [1.82, 2.24) is 0 Å². The Kier molecular flexibility index (Phi) is 5.62. The Morgan fingerprint density at radius 2 is 2.11 bits per heavy atom. The second-order valence-electron chi connectivity index (χ2n) is 7.61. The number of aliphatic hydroxyl groups is 1. The van der Waals surface area contributed by atoms with Crippen molar-refractivity contribution in [2.24, 2.45) is 0 Å². The Balaban J connectivity index is 1.33. The molecule has 0 bridgehead atoms. The molecule has 1 amide bonds. The van der Waals surface area contributed by atoms with E-state index in [2.05, 4.69) is 0 Å². The molecule has 1 aliphatic carbocycles. The van der Waals surface area contributed by atoms with E-state index < -0.39 is 6.10 Å². The van der Waals surface area contributed by atoms with Gasteiger partial charge < -0.3 is 14.7 Å². The van der Waals surface area contributed by atoms with E-state index in [0.29, 0.717) is 26.0 Å². The van der Waals surface area contributed by atoms with Crippen LogP contribution in [0.5, 0.6) is 5.75 Å². The number of carbonyl (C=O) groups excluding carboxylic acids is 1. The summed E-state index contributed by atoms with van der Waals surface area (Å²) in [5.74, 6) is 0.627. The average molecular weight is 383 g/mol. The number of carbonyl (C=O) groups is 1. The number of aliphatic hydroxyl groups excluding tert-OH is 1. The minimum Gasteiger partial charge on any atom is -0.493 e. The summed E-state index contributed by atoms with van der Waals surface area (Å²) in [6, 6.07) is 10.5. The molecular weight excluding hydrogens is 357 g/mol. The third-order valence-corrected chi connectivity index (χ3v) is 5.69. The lowest BCUT2D eigenvalue weighted by Gasteiger charge is -2.29. The van der Waals surface area contributed by atoms with Crippen LogP contribution in [0.2, 0.25) is 0 Å². The predicted octanol–water partition coefficient (Wildman–Crippen LogP) is 4.33. The van der Waals surface area contributed by atoms with Crippen LogP contribution in [0, 0.1) is 5.82 Å². The lowest BCUT2D eigenvalue weighted by molar-refractivity contribution is -0.118. The van der Waals surface area contributed by atoms with E-state index in [1.807, 2.05) is 18.2 Å². The third-order valence-electron chi connectivity index (χ3n) is 5.69. The number of aryl methyl sites for hydroxylation is 1. The largest absolute Gasteiger partial charge is 0.493 e. The van der Waals surface area contributed by atoms with Crippen molar-refractivity contribution in [3.05, 3.63) is 58.9 Å². The second kappa shape index (κ2) is 8.31. The number of halogens is 1. The van der Waals surface area contributed by atoms with Crippen molar-refractivity contribution in [2.45, 2.75) is 51.0 Å². The fourth-order valence-electron chi connectivity index (χ4n) is 4.29. The van der Waals surface area contributed by atoms with Crippen LogP contribution in [-0.4, -0.2) is 24.2 Å². The number of anilines is 1. The van der Waals surface area contributed by atoms with E-state index in [1.54, 1.807) is 11.0 Å². The Hall–Kier alpha value is -2.40. The van der Waals surface area contributed by atoms with Crippen LogP contribution in [0.25, 0.3) is 0 Å². The highest BCUT2D eigenvalue weighted by atomic mass is 19.1. The van der Waals surface area contributed by atoms with Gasteiger partial charge in [-0.3, -0.25) is 4.79 Å². The van der Waals surface area contributed by atoms with Gasteiger partial charge in [0.1, 0.15) is 11.6 Å². The Morgan fingerprint density at radius 1 is 1.21 bits per heavy atom. The third kappa shape index (κ3) is 3.90. The molecule has 0 radical (unpaired) electrons. The van der Waals surface area contributed by atoms with Crippen LogP contribution in [0.15, 0.2) is 36.4 Å². The fraction of sp³-hybridized carbons (Fsp3) is 0.435. The Bertz CT molecular complexity index is 867. The summed E-state index contributed by atoms with van der Waals surface area (Å²) in [5, 5.41) is 10.1. The zero-order valence-electron chi connectivity index (χ0n) is 16.0. The maximum absolute atomic E-state index is 13.4. The molecule has 4 nitrogen and oxygen atoms in total.